The van der Waals surface area contributed by atoms with Crippen LogP contribution in [0, 0.1) is 23.7 Å². The van der Waals surface area contributed by atoms with Crippen molar-refractivity contribution in [3.63, 3.8) is 0 Å². The monoisotopic (exact) mass is 1770 g/mol. The molecule has 2 aliphatic rings. The van der Waals surface area contributed by atoms with Crippen LogP contribution in [0.3, 0.4) is 0 Å². The molecule has 10 N–H and O–H groups in total. The van der Waals surface area contributed by atoms with Crippen molar-refractivity contribution in [2.75, 3.05) is 126 Å². The van der Waals surface area contributed by atoms with Gasteiger partial charge in [-0.05, 0) is 108 Å². The van der Waals surface area contributed by atoms with E-state index in [-0.39, 0.29) is 146 Å². The van der Waals surface area contributed by atoms with E-state index in [9.17, 15) is 49.2 Å². The molecule has 4 amide bonds. The van der Waals surface area contributed by atoms with Crippen molar-refractivity contribution in [1.82, 2.24) is 21.3 Å². The van der Waals surface area contributed by atoms with Crippen LogP contribution >= 0.6 is 0 Å². The summed E-state index contributed by atoms with van der Waals surface area (Å²) in [7, 11) is 10.9. The van der Waals surface area contributed by atoms with Crippen molar-refractivity contribution in [1.29, 1.82) is 0 Å². The van der Waals surface area contributed by atoms with Crippen molar-refractivity contribution >= 4 is 95.2 Å². The number of esters is 2. The molecule has 2 saturated carbocycles. The number of aliphatic hydroxyl groups is 4. The molecule has 0 spiro atoms. The first kappa shape index (κ1) is 139. The fraction of sp³-hybridized carbons (Fsp3) is 0.848. The average Bonchev–Trinajstić information content (AvgIpc) is 0.830. The number of carbonyl (C=O) groups excluding carboxylic acids is 8. The maximum absolute atomic E-state index is 10.0. The minimum atomic E-state index is -2.93. The zero-order valence-electron chi connectivity index (χ0n) is 68.7. The average molecular weight is 1780 g/mol. The van der Waals surface area contributed by atoms with Gasteiger partial charge >= 0.3 is 46.7 Å². The fourth-order valence-corrected chi connectivity index (χ4v) is 20.3. The predicted molar refractivity (Wildman–Crippen MR) is 416 cm³/mol. The Morgan fingerprint density at radius 1 is 0.462 bits per heavy atom. The van der Waals surface area contributed by atoms with Gasteiger partial charge in [-0.1, -0.05) is 42.5 Å². The van der Waals surface area contributed by atoms with Crippen molar-refractivity contribution in [2.45, 2.75) is 225 Å². The summed E-state index contributed by atoms with van der Waals surface area (Å²) in [4.78, 5) is 93.9. The molecule has 40 heteroatoms. The van der Waals surface area contributed by atoms with Crippen molar-refractivity contribution in [3.8, 4) is 0 Å². The molecule has 0 bridgehead atoms. The van der Waals surface area contributed by atoms with E-state index in [1.807, 2.05) is 20.4 Å². The molecular formula is C66H156N4O30Si4Y2. The van der Waals surface area contributed by atoms with Crippen LogP contribution in [0.4, 0.5) is 0 Å². The number of rotatable bonds is 28. The van der Waals surface area contributed by atoms with Crippen molar-refractivity contribution < 1.29 is 211 Å². The van der Waals surface area contributed by atoms with Crippen LogP contribution in [0.1, 0.15) is 167 Å². The predicted octanol–water partition coefficient (Wildman–Crippen LogP) is 7.23. The van der Waals surface area contributed by atoms with Gasteiger partial charge in [0.2, 0.25) is 23.6 Å². The van der Waals surface area contributed by atoms with Gasteiger partial charge in [0.15, 0.2) is 0 Å². The normalized spacial score (nSPS) is 16.8. The van der Waals surface area contributed by atoms with Gasteiger partial charge in [-0.15, -0.1) is 0 Å². The van der Waals surface area contributed by atoms with Crippen molar-refractivity contribution in [3.05, 3.63) is 0 Å². The van der Waals surface area contributed by atoms with Crippen LogP contribution in [0.2, 0.25) is 37.3 Å². The maximum Gasteiger partial charge on any atom is 0.493 e. The Labute approximate surface area is 697 Å². The summed E-state index contributed by atoms with van der Waals surface area (Å²) >= 11 is 0. The Morgan fingerprint density at radius 3 is 0.868 bits per heavy atom. The van der Waals surface area contributed by atoms with Gasteiger partial charge in [-0.2, -0.15) is 0 Å². The number of aliphatic hydroxyl groups excluding tert-OH is 4. The first-order chi connectivity index (χ1) is 47.3. The van der Waals surface area contributed by atoms with E-state index in [0.717, 1.165) is 77.3 Å². The Morgan fingerprint density at radius 2 is 0.679 bits per heavy atom. The van der Waals surface area contributed by atoms with Gasteiger partial charge in [-0.25, -0.2) is 0 Å². The zero-order chi connectivity index (χ0) is 82.7. The van der Waals surface area contributed by atoms with E-state index < -0.39 is 58.9 Å². The third-order valence-electron chi connectivity index (χ3n) is 13.3. The summed E-state index contributed by atoms with van der Waals surface area (Å²) < 4.78 is 74.2. The first-order valence-corrected chi connectivity index (χ1v) is 41.9. The van der Waals surface area contributed by atoms with E-state index in [1.165, 1.54) is 70.0 Å². The molecule has 2 aliphatic carbocycles. The van der Waals surface area contributed by atoms with Crippen LogP contribution < -0.4 is 21.3 Å². The third kappa shape index (κ3) is 112. The molecule has 34 nitrogen and oxygen atoms in total. The Bertz CT molecular complexity index is 1910. The van der Waals surface area contributed by atoms with Gasteiger partial charge in [0.05, 0.1) is 72.7 Å². The molecule has 10 atom stereocenters. The summed E-state index contributed by atoms with van der Waals surface area (Å²) in [5.74, 6) is -0.177. The maximum atomic E-state index is 10.0. The number of amides is 4. The van der Waals surface area contributed by atoms with Gasteiger partial charge < -0.3 is 115 Å². The number of hydrogen-bond acceptors (Lipinski definition) is 28. The minimum Gasteiger partial charge on any atom is -0.481 e. The van der Waals surface area contributed by atoms with Gasteiger partial charge in [0.1, 0.15) is 0 Å². The fourth-order valence-electron chi connectivity index (χ4n) is 7.21. The van der Waals surface area contributed by atoms with E-state index >= 15 is 0 Å². The topological polar surface area (TPSA) is 469 Å². The Hall–Kier alpha value is -2.78. The zero-order valence-corrected chi connectivity index (χ0v) is 78.4. The Balaban J connectivity index is -0.0000000579. The van der Waals surface area contributed by atoms with E-state index in [2.05, 4.69) is 60.6 Å². The van der Waals surface area contributed by atoms with Crippen LogP contribution in [0.5, 0.6) is 0 Å². The van der Waals surface area contributed by atoms with Crippen molar-refractivity contribution in [2.24, 2.45) is 23.7 Å². The minimum absolute atomic E-state index is 0. The first-order valence-electron chi connectivity index (χ1n) is 33.0. The molecule has 0 heterocycles. The molecule has 0 aromatic heterocycles. The largest absolute Gasteiger partial charge is 0.493 e. The van der Waals surface area contributed by atoms with Crippen LogP contribution in [-0.4, -0.2) is 276 Å². The third-order valence-corrected chi connectivity index (χ3v) is 27.5. The number of carbonyl (C=O) groups is 10. The number of ether oxygens (including phenoxy) is 6. The summed E-state index contributed by atoms with van der Waals surface area (Å²) in [5.41, 5.74) is 0. The second-order valence-corrected chi connectivity index (χ2v) is 35.6. The number of nitrogens with one attached hydrogen (secondary N) is 4. The van der Waals surface area contributed by atoms with Gasteiger partial charge in [0.25, 0.3) is 24.9 Å². The molecule has 642 valence electrons. The summed E-state index contributed by atoms with van der Waals surface area (Å²) in [5, 5.41) is 62.8. The van der Waals surface area contributed by atoms with Gasteiger partial charge in [-0.3, -0.25) is 47.9 Å². The van der Waals surface area contributed by atoms with E-state index in [4.69, 9.17) is 73.7 Å². The molecule has 2 radical (unpaired) electrons. The number of methoxy groups -OCH3 is 4. The number of hydrogen-bond donors (Lipinski definition) is 10. The van der Waals surface area contributed by atoms with Crippen LogP contribution in [0.25, 0.3) is 0 Å². The van der Waals surface area contributed by atoms with E-state index in [1.54, 1.807) is 84.7 Å². The van der Waals surface area contributed by atoms with Crippen LogP contribution in [0.15, 0.2) is 0 Å². The Kier molecular flexibility index (Phi) is 124. The molecule has 2 fully saturated rings. The summed E-state index contributed by atoms with van der Waals surface area (Å²) in [6.07, 6.45) is 6.85. The molecule has 2 rings (SSSR count). The molecule has 0 saturated heterocycles. The molecule has 106 heavy (non-hydrogen) atoms. The molecule has 0 aromatic rings. The molecule has 0 aliphatic heterocycles. The number of aliphatic carboxylic acids is 2. The van der Waals surface area contributed by atoms with Crippen LogP contribution in [-0.2, 0) is 177 Å². The molecular weight excluding hydrogens is 1620 g/mol. The second kappa shape index (κ2) is 94.6. The molecule has 0 aromatic carbocycles. The number of carboxylic acid groups (broad SMARTS) is 2. The standard InChI is InChI=1S/C22H46O6Si2.C14H34O8Si2.4C3H7NO.2C3H6O2.4C2H4O2.C2H6.2CH4.2Y.3H2/c1-17-15-19(7-9-21(17)23)11-13-29(6,25-3)28-30(26-4,27-5)14-12-20-8-10-22(24)18(2)16-20;1-13(15)11-20-7-9-23(6,17-3)22-24(18-4,19-5)10-8-21-12-14(2)16;4*1-3(5)4-2;2*1-3(4)5-2;2*1-4-2-3;2*1-2(3)4;1-2;;;;;;;/h17-24H,7-16H2,1-6H3;13-16H,7-12H2,1-6H3;4*1-2H3,(H,4,5);2*1-2H3;2*2H,1H3;2*1H3,(H,3,4);1-2H3;2*1H4;;;3*1H. The second-order valence-electron chi connectivity index (χ2n) is 22.3. The smallest absolute Gasteiger partial charge is 0.481 e. The number of carboxylic acids is 2. The molecule has 10 unspecified atom stereocenters. The quantitative estimate of drug-likeness (QED) is 0.0121. The SMILES string of the molecule is C.C.CC.CC(=O)O.CC(=O)O.CNC(C)=O.CNC(C)=O.CNC(C)=O.CNC(C)=O.COC(C)=O.COC(C)=O.COC=O.COC=O.CO[Si](C)(CCC1CCC(O)C(C)C1)O[Si](CCC1CCC(O)C(C)C1)(OC)OC.CO[Si](C)(CCOCC(C)O)O[Si](CCOCC(C)O)(OC)OC.[HH].[HH].[HH].[Y].[Y]. The summed E-state index contributed by atoms with van der Waals surface area (Å²) in [6, 6.07) is 2.77. The summed E-state index contributed by atoms with van der Waals surface area (Å²) in [6.45, 7) is 28.5. The van der Waals surface area contributed by atoms with E-state index in [0.29, 0.717) is 61.9 Å². The van der Waals surface area contributed by atoms with Gasteiger partial charge in [0, 0.05) is 221 Å².